The summed E-state index contributed by atoms with van der Waals surface area (Å²) >= 11 is 8.21. The lowest BCUT2D eigenvalue weighted by Crippen LogP contribution is -2.41. The predicted molar refractivity (Wildman–Crippen MR) is 90.0 cm³/mol. The van der Waals surface area contributed by atoms with Crippen molar-refractivity contribution in [2.45, 2.75) is 30.2 Å². The van der Waals surface area contributed by atoms with Crippen LogP contribution in [0.15, 0.2) is 30.3 Å². The van der Waals surface area contributed by atoms with Crippen molar-refractivity contribution >= 4 is 40.1 Å². The van der Waals surface area contributed by atoms with E-state index >= 15 is 0 Å². The molecular formula is C16H19ClN2S. The third kappa shape index (κ3) is 2.75. The number of aromatic nitrogens is 1. The van der Waals surface area contributed by atoms with E-state index in [0.717, 1.165) is 30.0 Å². The standard InChI is InChI=1S/C16H19ClN2S/c1-11-9-19(10-12(2)20-11)16-14(8-17)7-13-5-3-4-6-15(13)18-16/h3-7,11-12H,8-10H2,1-2H3. The van der Waals surface area contributed by atoms with E-state index in [1.807, 2.05) is 12.1 Å². The third-order valence-electron chi connectivity index (χ3n) is 3.64. The molecule has 0 spiro atoms. The second kappa shape index (κ2) is 5.82. The van der Waals surface area contributed by atoms with Crippen molar-refractivity contribution in [3.8, 4) is 0 Å². The van der Waals surface area contributed by atoms with Gasteiger partial charge in [-0.3, -0.25) is 0 Å². The van der Waals surface area contributed by atoms with Gasteiger partial charge in [0.1, 0.15) is 5.82 Å². The van der Waals surface area contributed by atoms with Crippen molar-refractivity contribution in [1.82, 2.24) is 4.98 Å². The molecule has 0 N–H and O–H groups in total. The van der Waals surface area contributed by atoms with Gasteiger partial charge in [0.05, 0.1) is 11.4 Å². The van der Waals surface area contributed by atoms with Crippen LogP contribution in [-0.4, -0.2) is 28.6 Å². The fraction of sp³-hybridized carbons (Fsp3) is 0.438. The van der Waals surface area contributed by atoms with E-state index in [4.69, 9.17) is 16.6 Å². The number of benzene rings is 1. The minimum absolute atomic E-state index is 0.513. The van der Waals surface area contributed by atoms with Gasteiger partial charge in [-0.2, -0.15) is 11.8 Å². The molecule has 2 nitrogen and oxygen atoms in total. The van der Waals surface area contributed by atoms with E-state index in [0.29, 0.717) is 16.4 Å². The van der Waals surface area contributed by atoms with E-state index in [1.165, 1.54) is 5.39 Å². The van der Waals surface area contributed by atoms with Crippen molar-refractivity contribution in [2.24, 2.45) is 0 Å². The molecule has 1 aromatic heterocycles. The zero-order chi connectivity index (χ0) is 14.1. The Morgan fingerprint density at radius 1 is 1.25 bits per heavy atom. The van der Waals surface area contributed by atoms with Crippen LogP contribution in [-0.2, 0) is 5.88 Å². The first-order chi connectivity index (χ1) is 9.67. The zero-order valence-corrected chi connectivity index (χ0v) is 13.4. The van der Waals surface area contributed by atoms with Crippen LogP contribution in [0.25, 0.3) is 10.9 Å². The Hall–Kier alpha value is -0.930. The number of para-hydroxylation sites is 1. The average molecular weight is 307 g/mol. The third-order valence-corrected chi connectivity index (χ3v) is 5.16. The first-order valence-electron chi connectivity index (χ1n) is 7.02. The maximum Gasteiger partial charge on any atom is 0.133 e. The highest BCUT2D eigenvalue weighted by Gasteiger charge is 2.25. The second-order valence-corrected chi connectivity index (χ2v) is 7.61. The van der Waals surface area contributed by atoms with E-state index in [1.54, 1.807) is 0 Å². The molecule has 1 aliphatic heterocycles. The Labute approximate surface area is 129 Å². The van der Waals surface area contributed by atoms with Gasteiger partial charge in [-0.25, -0.2) is 4.98 Å². The summed E-state index contributed by atoms with van der Waals surface area (Å²) in [7, 11) is 0. The van der Waals surface area contributed by atoms with Crippen molar-refractivity contribution < 1.29 is 0 Å². The number of anilines is 1. The molecule has 0 bridgehead atoms. The van der Waals surface area contributed by atoms with Crippen LogP contribution in [0, 0.1) is 0 Å². The summed E-state index contributed by atoms with van der Waals surface area (Å²) in [6.45, 7) is 6.66. The molecule has 3 rings (SSSR count). The normalized spacial score (nSPS) is 23.2. The average Bonchev–Trinajstić information content (AvgIpc) is 2.44. The summed E-state index contributed by atoms with van der Waals surface area (Å²) in [5, 5.41) is 2.43. The Morgan fingerprint density at radius 2 is 1.95 bits per heavy atom. The van der Waals surface area contributed by atoms with Gasteiger partial charge in [-0.05, 0) is 12.1 Å². The molecule has 1 fully saturated rings. The van der Waals surface area contributed by atoms with Crippen LogP contribution >= 0.6 is 23.4 Å². The quantitative estimate of drug-likeness (QED) is 0.769. The molecular weight excluding hydrogens is 288 g/mol. The highest BCUT2D eigenvalue weighted by atomic mass is 35.5. The van der Waals surface area contributed by atoms with Crippen molar-refractivity contribution in [1.29, 1.82) is 0 Å². The smallest absolute Gasteiger partial charge is 0.133 e. The number of pyridine rings is 1. The first kappa shape index (κ1) is 14.0. The molecule has 1 aliphatic rings. The number of alkyl halides is 1. The fourth-order valence-electron chi connectivity index (χ4n) is 2.87. The summed E-state index contributed by atoms with van der Waals surface area (Å²) in [5.41, 5.74) is 2.19. The van der Waals surface area contributed by atoms with Crippen molar-refractivity contribution in [3.05, 3.63) is 35.9 Å². The summed E-state index contributed by atoms with van der Waals surface area (Å²) in [5.74, 6) is 1.58. The number of halogens is 1. The molecule has 0 amide bonds. The molecule has 0 aliphatic carbocycles. The number of nitrogens with zero attached hydrogens (tertiary/aromatic N) is 2. The van der Waals surface area contributed by atoms with Crippen LogP contribution in [0.4, 0.5) is 5.82 Å². The minimum atomic E-state index is 0.513. The Morgan fingerprint density at radius 3 is 2.65 bits per heavy atom. The lowest BCUT2D eigenvalue weighted by atomic mass is 10.1. The number of thioether (sulfide) groups is 1. The van der Waals surface area contributed by atoms with E-state index < -0.39 is 0 Å². The molecule has 2 atom stereocenters. The molecule has 2 unspecified atom stereocenters. The van der Waals surface area contributed by atoms with Crippen molar-refractivity contribution in [2.75, 3.05) is 18.0 Å². The number of hydrogen-bond donors (Lipinski definition) is 0. The van der Waals surface area contributed by atoms with Gasteiger partial charge in [-0.15, -0.1) is 11.6 Å². The van der Waals surface area contributed by atoms with Crippen LogP contribution < -0.4 is 4.90 Å². The van der Waals surface area contributed by atoms with Gasteiger partial charge >= 0.3 is 0 Å². The molecule has 4 heteroatoms. The van der Waals surface area contributed by atoms with Gasteiger partial charge < -0.3 is 4.90 Å². The monoisotopic (exact) mass is 306 g/mol. The van der Waals surface area contributed by atoms with Gasteiger partial charge in [0.25, 0.3) is 0 Å². The van der Waals surface area contributed by atoms with Crippen LogP contribution in [0.1, 0.15) is 19.4 Å². The summed E-state index contributed by atoms with van der Waals surface area (Å²) in [4.78, 5) is 7.27. The highest BCUT2D eigenvalue weighted by molar-refractivity contribution is 8.00. The molecule has 0 saturated carbocycles. The maximum atomic E-state index is 6.15. The van der Waals surface area contributed by atoms with Gasteiger partial charge in [0, 0.05) is 34.5 Å². The molecule has 2 heterocycles. The highest BCUT2D eigenvalue weighted by Crippen LogP contribution is 2.31. The van der Waals surface area contributed by atoms with Gasteiger partial charge in [-0.1, -0.05) is 32.0 Å². The van der Waals surface area contributed by atoms with E-state index in [2.05, 4.69) is 48.7 Å². The van der Waals surface area contributed by atoms with Gasteiger partial charge in [0.15, 0.2) is 0 Å². The molecule has 20 heavy (non-hydrogen) atoms. The summed E-state index contributed by atoms with van der Waals surface area (Å²) in [6, 6.07) is 10.4. The minimum Gasteiger partial charge on any atom is -0.354 e. The lowest BCUT2D eigenvalue weighted by Gasteiger charge is -2.36. The zero-order valence-electron chi connectivity index (χ0n) is 11.8. The van der Waals surface area contributed by atoms with Crippen LogP contribution in [0.2, 0.25) is 0 Å². The summed E-state index contributed by atoms with van der Waals surface area (Å²) in [6.07, 6.45) is 0. The maximum absolute atomic E-state index is 6.15. The lowest BCUT2D eigenvalue weighted by molar-refractivity contribution is 0.717. The largest absolute Gasteiger partial charge is 0.354 e. The van der Waals surface area contributed by atoms with Crippen molar-refractivity contribution in [3.63, 3.8) is 0 Å². The van der Waals surface area contributed by atoms with Crippen LogP contribution in [0.5, 0.6) is 0 Å². The van der Waals surface area contributed by atoms with Crippen LogP contribution in [0.3, 0.4) is 0 Å². The Balaban J connectivity index is 2.04. The first-order valence-corrected chi connectivity index (χ1v) is 8.50. The van der Waals surface area contributed by atoms with Gasteiger partial charge in [0.2, 0.25) is 0 Å². The number of hydrogen-bond acceptors (Lipinski definition) is 3. The number of rotatable bonds is 2. The van der Waals surface area contributed by atoms with E-state index in [9.17, 15) is 0 Å². The molecule has 0 radical (unpaired) electrons. The second-order valence-electron chi connectivity index (χ2n) is 5.46. The molecule has 106 valence electrons. The molecule has 1 aromatic carbocycles. The summed E-state index contributed by atoms with van der Waals surface area (Å²) < 4.78 is 0. The topological polar surface area (TPSA) is 16.1 Å². The molecule has 2 aromatic rings. The SMILES string of the molecule is CC1CN(c2nc3ccccc3cc2CCl)CC(C)S1. The predicted octanol–water partition coefficient (Wildman–Crippen LogP) is 4.30. The Bertz CT molecular complexity index is 606. The fourth-order valence-corrected chi connectivity index (χ4v) is 4.39. The molecule has 1 saturated heterocycles. The Kier molecular flexibility index (Phi) is 4.08. The van der Waals surface area contributed by atoms with E-state index in [-0.39, 0.29) is 0 Å². The number of fused-ring (bicyclic) bond motifs is 1.